The largest absolute Gasteiger partial charge is 0.375 e. The normalized spacial score (nSPS) is 11.7. The minimum absolute atomic E-state index is 0.0315. The Morgan fingerprint density at radius 1 is 1.33 bits per heavy atom. The molecule has 4 heteroatoms. The third-order valence-corrected chi connectivity index (χ3v) is 3.71. The van der Waals surface area contributed by atoms with Crippen molar-refractivity contribution < 1.29 is 4.74 Å². The molecule has 15 heavy (non-hydrogen) atoms. The number of pyridine rings is 1. The van der Waals surface area contributed by atoms with E-state index in [9.17, 15) is 0 Å². The fraction of sp³-hybridized carbons (Fsp3) is 0.545. The minimum Gasteiger partial charge on any atom is -0.375 e. The summed E-state index contributed by atoms with van der Waals surface area (Å²) < 4.78 is 5.61. The highest BCUT2D eigenvalue weighted by molar-refractivity contribution is 8.76. The molecule has 0 aliphatic rings. The summed E-state index contributed by atoms with van der Waals surface area (Å²) in [5, 5.41) is 1.05. The van der Waals surface area contributed by atoms with Crippen LogP contribution in [0.2, 0.25) is 0 Å². The Hall–Kier alpha value is -0.190. The second kappa shape index (κ2) is 6.40. The van der Waals surface area contributed by atoms with E-state index >= 15 is 0 Å². The number of rotatable bonds is 5. The quantitative estimate of drug-likeness (QED) is 0.581. The zero-order valence-electron chi connectivity index (χ0n) is 9.40. The Kier molecular flexibility index (Phi) is 5.50. The van der Waals surface area contributed by atoms with Crippen molar-refractivity contribution in [2.45, 2.75) is 31.4 Å². The van der Waals surface area contributed by atoms with Crippen LogP contribution < -0.4 is 0 Å². The summed E-state index contributed by atoms with van der Waals surface area (Å²) in [5.41, 5.74) is -0.0315. The molecule has 1 aromatic rings. The maximum Gasteiger partial charge on any atom is 0.106 e. The Morgan fingerprint density at radius 2 is 2.13 bits per heavy atom. The van der Waals surface area contributed by atoms with Gasteiger partial charge >= 0.3 is 0 Å². The van der Waals surface area contributed by atoms with Gasteiger partial charge in [0.2, 0.25) is 0 Å². The molecule has 0 amide bonds. The van der Waals surface area contributed by atoms with Gasteiger partial charge in [-0.25, -0.2) is 4.98 Å². The third kappa shape index (κ3) is 6.82. The van der Waals surface area contributed by atoms with Crippen LogP contribution in [0.15, 0.2) is 29.4 Å². The minimum atomic E-state index is -0.0315. The maximum atomic E-state index is 5.61. The average molecular weight is 243 g/mol. The summed E-state index contributed by atoms with van der Waals surface area (Å²) in [6.45, 7) is 7.00. The first kappa shape index (κ1) is 12.9. The van der Waals surface area contributed by atoms with Crippen molar-refractivity contribution in [1.82, 2.24) is 4.98 Å². The van der Waals surface area contributed by atoms with E-state index in [1.807, 2.05) is 24.4 Å². The molecule has 0 aliphatic carbocycles. The zero-order valence-corrected chi connectivity index (χ0v) is 11.0. The van der Waals surface area contributed by atoms with Gasteiger partial charge in [-0.05, 0) is 43.7 Å². The molecule has 0 fully saturated rings. The molecule has 0 aromatic carbocycles. The SMILES string of the molecule is CC(C)(C)OCCSSc1ccccn1. The van der Waals surface area contributed by atoms with Crippen LogP contribution >= 0.6 is 21.6 Å². The number of hydrogen-bond donors (Lipinski definition) is 0. The van der Waals surface area contributed by atoms with Gasteiger partial charge in [-0.15, -0.1) is 0 Å². The molecule has 0 atom stereocenters. The summed E-state index contributed by atoms with van der Waals surface area (Å²) in [6.07, 6.45) is 1.81. The van der Waals surface area contributed by atoms with Gasteiger partial charge in [0.25, 0.3) is 0 Å². The van der Waals surface area contributed by atoms with Crippen molar-refractivity contribution in [2.24, 2.45) is 0 Å². The van der Waals surface area contributed by atoms with E-state index in [1.165, 1.54) is 0 Å². The summed E-state index contributed by atoms with van der Waals surface area (Å²) in [7, 11) is 3.47. The lowest BCUT2D eigenvalue weighted by Crippen LogP contribution is -2.20. The van der Waals surface area contributed by atoms with Gasteiger partial charge < -0.3 is 4.74 Å². The molecule has 2 nitrogen and oxygen atoms in total. The van der Waals surface area contributed by atoms with E-state index in [0.29, 0.717) is 0 Å². The molecule has 0 aliphatic heterocycles. The van der Waals surface area contributed by atoms with Crippen molar-refractivity contribution in [3.05, 3.63) is 24.4 Å². The number of nitrogens with zero attached hydrogens (tertiary/aromatic N) is 1. The lowest BCUT2D eigenvalue weighted by molar-refractivity contribution is 0.00703. The van der Waals surface area contributed by atoms with Gasteiger partial charge in [0.05, 0.1) is 12.2 Å². The number of ether oxygens (including phenoxy) is 1. The van der Waals surface area contributed by atoms with Gasteiger partial charge in [-0.1, -0.05) is 16.9 Å². The van der Waals surface area contributed by atoms with Crippen LogP contribution in [0.1, 0.15) is 20.8 Å². The van der Waals surface area contributed by atoms with Crippen molar-refractivity contribution in [3.8, 4) is 0 Å². The van der Waals surface area contributed by atoms with Crippen LogP contribution in [0.25, 0.3) is 0 Å². The van der Waals surface area contributed by atoms with Crippen LogP contribution in [0.4, 0.5) is 0 Å². The first-order valence-electron chi connectivity index (χ1n) is 4.92. The fourth-order valence-corrected chi connectivity index (χ4v) is 2.59. The van der Waals surface area contributed by atoms with Gasteiger partial charge in [0.1, 0.15) is 5.03 Å². The topological polar surface area (TPSA) is 22.1 Å². The smallest absolute Gasteiger partial charge is 0.106 e. The highest BCUT2D eigenvalue weighted by Gasteiger charge is 2.08. The Labute approximate surface area is 99.6 Å². The summed E-state index contributed by atoms with van der Waals surface area (Å²) in [6, 6.07) is 5.95. The molecular weight excluding hydrogens is 226 g/mol. The standard InChI is InChI=1S/C11H17NOS2/c1-11(2,3)13-8-9-14-15-10-6-4-5-7-12-10/h4-7H,8-9H2,1-3H3. The summed E-state index contributed by atoms with van der Waals surface area (Å²) in [5.74, 6) is 0.985. The second-order valence-corrected chi connectivity index (χ2v) is 6.47. The van der Waals surface area contributed by atoms with Gasteiger partial charge in [-0.2, -0.15) is 0 Å². The summed E-state index contributed by atoms with van der Waals surface area (Å²) >= 11 is 0. The van der Waals surface area contributed by atoms with Crippen LogP contribution in [-0.2, 0) is 4.74 Å². The predicted octanol–water partition coefficient (Wildman–Crippen LogP) is 3.64. The molecular formula is C11H17NOS2. The molecule has 0 saturated carbocycles. The first-order chi connectivity index (χ1) is 7.08. The molecule has 84 valence electrons. The lowest BCUT2D eigenvalue weighted by atomic mass is 10.2. The lowest BCUT2D eigenvalue weighted by Gasteiger charge is -2.18. The fourth-order valence-electron chi connectivity index (χ4n) is 0.880. The van der Waals surface area contributed by atoms with Crippen LogP contribution in [0.5, 0.6) is 0 Å². The first-order valence-corrected chi connectivity index (χ1v) is 7.24. The van der Waals surface area contributed by atoms with E-state index in [2.05, 4.69) is 25.8 Å². The molecule has 1 aromatic heterocycles. The van der Waals surface area contributed by atoms with Crippen LogP contribution in [0.3, 0.4) is 0 Å². The molecule has 0 saturated heterocycles. The number of hydrogen-bond acceptors (Lipinski definition) is 4. The van der Waals surface area contributed by atoms with Gasteiger partial charge in [-0.3, -0.25) is 0 Å². The third-order valence-electron chi connectivity index (χ3n) is 1.48. The van der Waals surface area contributed by atoms with Crippen LogP contribution in [0, 0.1) is 0 Å². The van der Waals surface area contributed by atoms with E-state index in [0.717, 1.165) is 17.4 Å². The van der Waals surface area contributed by atoms with Crippen molar-refractivity contribution in [1.29, 1.82) is 0 Å². The molecule has 1 heterocycles. The van der Waals surface area contributed by atoms with Gasteiger partial charge in [0.15, 0.2) is 0 Å². The molecule has 1 rings (SSSR count). The molecule has 0 bridgehead atoms. The zero-order chi connectivity index (χ0) is 11.1. The van der Waals surface area contributed by atoms with Crippen molar-refractivity contribution in [3.63, 3.8) is 0 Å². The predicted molar refractivity (Wildman–Crippen MR) is 68.3 cm³/mol. The summed E-state index contributed by atoms with van der Waals surface area (Å²) in [4.78, 5) is 4.23. The monoisotopic (exact) mass is 243 g/mol. The van der Waals surface area contributed by atoms with E-state index < -0.39 is 0 Å². The van der Waals surface area contributed by atoms with Gasteiger partial charge in [0, 0.05) is 11.9 Å². The Balaban J connectivity index is 2.08. The highest BCUT2D eigenvalue weighted by Crippen LogP contribution is 2.28. The molecule has 0 spiro atoms. The second-order valence-electron chi connectivity index (χ2n) is 4.03. The Morgan fingerprint density at radius 3 is 2.73 bits per heavy atom. The molecule has 0 radical (unpaired) electrons. The Bertz CT molecular complexity index is 272. The average Bonchev–Trinajstić information content (AvgIpc) is 2.17. The number of aromatic nitrogens is 1. The van der Waals surface area contributed by atoms with E-state index in [1.54, 1.807) is 21.6 Å². The molecule has 0 N–H and O–H groups in total. The van der Waals surface area contributed by atoms with E-state index in [-0.39, 0.29) is 5.60 Å². The maximum absolute atomic E-state index is 5.61. The van der Waals surface area contributed by atoms with E-state index in [4.69, 9.17) is 4.74 Å². The highest BCUT2D eigenvalue weighted by atomic mass is 33.1. The van der Waals surface area contributed by atoms with Crippen LogP contribution in [-0.4, -0.2) is 22.9 Å². The molecule has 0 unspecified atom stereocenters. The van der Waals surface area contributed by atoms with Crippen molar-refractivity contribution in [2.75, 3.05) is 12.4 Å². The van der Waals surface area contributed by atoms with Crippen molar-refractivity contribution >= 4 is 21.6 Å².